The molecule has 0 aromatic heterocycles. The van der Waals surface area contributed by atoms with Crippen LogP contribution in [0.1, 0.15) is 37.2 Å². The van der Waals surface area contributed by atoms with Crippen LogP contribution in [0.2, 0.25) is 5.02 Å². The van der Waals surface area contributed by atoms with Crippen LogP contribution in [0.5, 0.6) is 0 Å². The van der Waals surface area contributed by atoms with Crippen molar-refractivity contribution < 1.29 is 4.39 Å². The third-order valence-corrected chi connectivity index (χ3v) is 4.64. The van der Waals surface area contributed by atoms with Gasteiger partial charge >= 0.3 is 0 Å². The molecule has 0 heterocycles. The second-order valence-corrected chi connectivity index (χ2v) is 5.20. The number of hydrogen-bond donors (Lipinski definition) is 0. The Kier molecular flexibility index (Phi) is 3.32. The van der Waals surface area contributed by atoms with Gasteiger partial charge in [-0.05, 0) is 53.0 Å². The quantitative estimate of drug-likeness (QED) is 0.517. The molecule has 1 aromatic rings. The molecule has 1 saturated carbocycles. The maximum Gasteiger partial charge on any atom is 0.138 e. The molecule has 1 aromatic carbocycles. The third-order valence-electron chi connectivity index (χ3n) is 2.86. The first-order chi connectivity index (χ1) is 6.70. The normalized spacial score (nSPS) is 17.6. The number of halogens is 3. The van der Waals surface area contributed by atoms with Gasteiger partial charge in [-0.3, -0.25) is 0 Å². The van der Waals surface area contributed by atoms with E-state index in [0.717, 1.165) is 5.56 Å². The molecule has 0 nitrogen and oxygen atoms in total. The van der Waals surface area contributed by atoms with Crippen LogP contribution in [0.4, 0.5) is 4.39 Å². The Labute approximate surface area is 102 Å². The summed E-state index contributed by atoms with van der Waals surface area (Å²) in [6.45, 7) is 0. The van der Waals surface area contributed by atoms with Gasteiger partial charge in [0.25, 0.3) is 0 Å². The smallest absolute Gasteiger partial charge is 0.138 e. The zero-order chi connectivity index (χ0) is 10.1. The molecule has 0 unspecified atom stereocenters. The average molecular weight is 325 g/mol. The van der Waals surface area contributed by atoms with Gasteiger partial charge in [-0.25, -0.2) is 4.39 Å². The van der Waals surface area contributed by atoms with E-state index in [2.05, 4.69) is 0 Å². The largest absolute Gasteiger partial charge is 0.206 e. The summed E-state index contributed by atoms with van der Waals surface area (Å²) >= 11 is 8.11. The highest BCUT2D eigenvalue weighted by molar-refractivity contribution is 14.1. The van der Waals surface area contributed by atoms with Crippen molar-refractivity contribution in [2.75, 3.05) is 0 Å². The molecule has 1 fully saturated rings. The van der Waals surface area contributed by atoms with Gasteiger partial charge in [-0.2, -0.15) is 0 Å². The molecule has 0 saturated heterocycles. The van der Waals surface area contributed by atoms with E-state index in [9.17, 15) is 4.39 Å². The Hall–Kier alpha value is 0.170. The monoisotopic (exact) mass is 324 g/mol. The molecule has 0 N–H and O–H groups in total. The minimum Gasteiger partial charge on any atom is -0.206 e. The zero-order valence-corrected chi connectivity index (χ0v) is 10.6. The molecular weight excluding hydrogens is 313 g/mol. The molecular formula is C11H11ClFI. The van der Waals surface area contributed by atoms with E-state index >= 15 is 0 Å². The molecule has 3 heteroatoms. The van der Waals surface area contributed by atoms with E-state index in [1.807, 2.05) is 28.7 Å². The van der Waals surface area contributed by atoms with Crippen LogP contribution in [0, 0.1) is 9.39 Å². The van der Waals surface area contributed by atoms with E-state index in [0.29, 0.717) is 14.5 Å². The van der Waals surface area contributed by atoms with Gasteiger partial charge in [0.2, 0.25) is 0 Å². The van der Waals surface area contributed by atoms with Crippen LogP contribution in [0.25, 0.3) is 0 Å². The van der Waals surface area contributed by atoms with Gasteiger partial charge in [-0.15, -0.1) is 0 Å². The summed E-state index contributed by atoms with van der Waals surface area (Å²) in [6, 6.07) is 3.37. The first kappa shape index (κ1) is 10.7. The molecule has 0 atom stereocenters. The lowest BCUT2D eigenvalue weighted by molar-refractivity contribution is 0.617. The molecule has 1 aliphatic carbocycles. The van der Waals surface area contributed by atoms with Crippen LogP contribution < -0.4 is 0 Å². The lowest BCUT2D eigenvalue weighted by Crippen LogP contribution is -1.96. The topological polar surface area (TPSA) is 0 Å². The Morgan fingerprint density at radius 3 is 2.57 bits per heavy atom. The summed E-state index contributed by atoms with van der Waals surface area (Å²) in [4.78, 5) is 0. The van der Waals surface area contributed by atoms with Gasteiger partial charge in [-0.1, -0.05) is 30.5 Å². The van der Waals surface area contributed by atoms with E-state index in [1.165, 1.54) is 31.7 Å². The fourth-order valence-electron chi connectivity index (χ4n) is 2.09. The second-order valence-electron chi connectivity index (χ2n) is 3.75. The number of benzene rings is 1. The summed E-state index contributed by atoms with van der Waals surface area (Å²) in [6.07, 6.45) is 4.94. The fourth-order valence-corrected chi connectivity index (χ4v) is 2.89. The summed E-state index contributed by atoms with van der Waals surface area (Å²) in [7, 11) is 0. The fraction of sp³-hybridized carbons (Fsp3) is 0.455. The second kappa shape index (κ2) is 4.35. The number of rotatable bonds is 1. The lowest BCUT2D eigenvalue weighted by atomic mass is 9.98. The average Bonchev–Trinajstić information content (AvgIpc) is 2.67. The maximum atomic E-state index is 13.2. The summed E-state index contributed by atoms with van der Waals surface area (Å²) in [5.74, 6) is 0.342. The first-order valence-corrected chi connectivity index (χ1v) is 6.29. The van der Waals surface area contributed by atoms with E-state index in [-0.39, 0.29) is 5.82 Å². The van der Waals surface area contributed by atoms with E-state index < -0.39 is 0 Å². The van der Waals surface area contributed by atoms with Crippen LogP contribution >= 0.6 is 34.2 Å². The van der Waals surface area contributed by atoms with Gasteiger partial charge in [0, 0.05) is 0 Å². The summed E-state index contributed by atoms with van der Waals surface area (Å²) in [5.41, 5.74) is 1.13. The van der Waals surface area contributed by atoms with Gasteiger partial charge < -0.3 is 0 Å². The van der Waals surface area contributed by atoms with Crippen molar-refractivity contribution in [1.29, 1.82) is 0 Å². The van der Waals surface area contributed by atoms with Crippen molar-refractivity contribution in [3.63, 3.8) is 0 Å². The molecule has 0 spiro atoms. The Balaban J connectivity index is 2.38. The highest BCUT2D eigenvalue weighted by Crippen LogP contribution is 2.39. The molecule has 2 rings (SSSR count). The predicted molar refractivity (Wildman–Crippen MR) is 65.3 cm³/mol. The van der Waals surface area contributed by atoms with Crippen molar-refractivity contribution in [3.8, 4) is 0 Å². The van der Waals surface area contributed by atoms with Crippen LogP contribution in [0.15, 0.2) is 12.1 Å². The highest BCUT2D eigenvalue weighted by Gasteiger charge is 2.21. The molecule has 14 heavy (non-hydrogen) atoms. The van der Waals surface area contributed by atoms with Crippen LogP contribution in [0.3, 0.4) is 0 Å². The van der Waals surface area contributed by atoms with Crippen molar-refractivity contribution in [2.24, 2.45) is 0 Å². The Morgan fingerprint density at radius 1 is 1.29 bits per heavy atom. The van der Waals surface area contributed by atoms with Crippen LogP contribution in [-0.4, -0.2) is 0 Å². The van der Waals surface area contributed by atoms with Crippen molar-refractivity contribution >= 4 is 34.2 Å². The lowest BCUT2D eigenvalue weighted by Gasteiger charge is -2.12. The third kappa shape index (κ3) is 1.91. The molecule has 0 bridgehead atoms. The van der Waals surface area contributed by atoms with Crippen molar-refractivity contribution in [3.05, 3.63) is 32.1 Å². The SMILES string of the molecule is Fc1ccc(C2CCCC2)c(Cl)c1I. The van der Waals surface area contributed by atoms with Crippen molar-refractivity contribution in [1.82, 2.24) is 0 Å². The predicted octanol–water partition coefficient (Wildman–Crippen LogP) is 4.74. The molecule has 0 aliphatic heterocycles. The first-order valence-electron chi connectivity index (χ1n) is 4.83. The highest BCUT2D eigenvalue weighted by atomic mass is 127. The zero-order valence-electron chi connectivity index (χ0n) is 7.69. The minimum absolute atomic E-state index is 0.211. The maximum absolute atomic E-state index is 13.2. The van der Waals surface area contributed by atoms with Gasteiger partial charge in [0.15, 0.2) is 0 Å². The van der Waals surface area contributed by atoms with Crippen LogP contribution in [-0.2, 0) is 0 Å². The molecule has 76 valence electrons. The van der Waals surface area contributed by atoms with E-state index in [1.54, 1.807) is 0 Å². The molecule has 0 amide bonds. The Bertz CT molecular complexity index is 345. The minimum atomic E-state index is -0.211. The molecule has 1 aliphatic rings. The summed E-state index contributed by atoms with van der Waals surface area (Å²) < 4.78 is 13.7. The van der Waals surface area contributed by atoms with Crippen molar-refractivity contribution in [2.45, 2.75) is 31.6 Å². The van der Waals surface area contributed by atoms with Gasteiger partial charge in [0.05, 0.1) is 8.59 Å². The standard InChI is InChI=1S/C11H11ClFI/c12-10-8(7-3-1-2-4-7)5-6-9(13)11(10)14/h5-7H,1-4H2. The Morgan fingerprint density at radius 2 is 1.93 bits per heavy atom. The molecule has 0 radical (unpaired) electrons. The van der Waals surface area contributed by atoms with Gasteiger partial charge in [0.1, 0.15) is 5.82 Å². The summed E-state index contributed by atoms with van der Waals surface area (Å²) in [5, 5.41) is 0.623. The van der Waals surface area contributed by atoms with E-state index in [4.69, 9.17) is 11.6 Å². The number of hydrogen-bond acceptors (Lipinski definition) is 0.